The minimum absolute atomic E-state index is 0.185. The SMILES string of the molecule is Cc1ccc(C(=O)OCc2cc(I)c(COC(=O)c3ccc(C)cc3)cc2I)cc1. The van der Waals surface area contributed by atoms with Crippen molar-refractivity contribution < 1.29 is 19.1 Å². The molecule has 0 aliphatic rings. The molecule has 0 aromatic heterocycles. The summed E-state index contributed by atoms with van der Waals surface area (Å²) in [4.78, 5) is 24.5. The molecule has 0 bridgehead atoms. The van der Waals surface area contributed by atoms with Gasteiger partial charge in [0.05, 0.1) is 11.1 Å². The van der Waals surface area contributed by atoms with Gasteiger partial charge in [0.2, 0.25) is 0 Å². The van der Waals surface area contributed by atoms with Crippen molar-refractivity contribution in [2.45, 2.75) is 27.1 Å². The van der Waals surface area contributed by atoms with Crippen molar-refractivity contribution in [1.29, 1.82) is 0 Å². The molecule has 0 heterocycles. The number of carbonyl (C=O) groups excluding carboxylic acids is 2. The Hall–Kier alpha value is -1.94. The van der Waals surface area contributed by atoms with Crippen LogP contribution in [0.25, 0.3) is 0 Å². The van der Waals surface area contributed by atoms with Crippen LogP contribution in [0.15, 0.2) is 60.7 Å². The molecule has 0 spiro atoms. The predicted molar refractivity (Wildman–Crippen MR) is 132 cm³/mol. The average molecular weight is 626 g/mol. The van der Waals surface area contributed by atoms with Gasteiger partial charge in [0.25, 0.3) is 0 Å². The normalized spacial score (nSPS) is 10.5. The van der Waals surface area contributed by atoms with Crippen molar-refractivity contribution in [1.82, 2.24) is 0 Å². The van der Waals surface area contributed by atoms with E-state index in [1.807, 2.05) is 50.2 Å². The van der Waals surface area contributed by atoms with Crippen molar-refractivity contribution in [2.24, 2.45) is 0 Å². The molecule has 0 N–H and O–H groups in total. The highest BCUT2D eigenvalue weighted by Crippen LogP contribution is 2.23. The Labute approximate surface area is 203 Å². The van der Waals surface area contributed by atoms with Crippen LogP contribution in [0.5, 0.6) is 0 Å². The average Bonchev–Trinajstić information content (AvgIpc) is 2.73. The lowest BCUT2D eigenvalue weighted by molar-refractivity contribution is 0.0458. The number of benzene rings is 3. The number of hydrogen-bond acceptors (Lipinski definition) is 4. The zero-order valence-electron chi connectivity index (χ0n) is 16.6. The van der Waals surface area contributed by atoms with Gasteiger partial charge in [-0.3, -0.25) is 0 Å². The largest absolute Gasteiger partial charge is 0.457 e. The quantitative estimate of drug-likeness (QED) is 0.241. The Kier molecular flexibility index (Phi) is 7.87. The van der Waals surface area contributed by atoms with Crippen LogP contribution in [0, 0.1) is 21.0 Å². The molecule has 30 heavy (non-hydrogen) atoms. The summed E-state index contributed by atoms with van der Waals surface area (Å²) in [5.74, 6) is -0.700. The Morgan fingerprint density at radius 1 is 0.667 bits per heavy atom. The van der Waals surface area contributed by atoms with E-state index in [0.717, 1.165) is 29.4 Å². The molecule has 0 aliphatic carbocycles. The number of carbonyl (C=O) groups is 2. The maximum atomic E-state index is 12.2. The van der Waals surface area contributed by atoms with E-state index in [-0.39, 0.29) is 25.2 Å². The van der Waals surface area contributed by atoms with E-state index in [2.05, 4.69) is 45.2 Å². The Morgan fingerprint density at radius 3 is 1.33 bits per heavy atom. The zero-order chi connectivity index (χ0) is 21.7. The number of ether oxygens (including phenoxy) is 2. The van der Waals surface area contributed by atoms with E-state index in [0.29, 0.717) is 11.1 Å². The van der Waals surface area contributed by atoms with Gasteiger partial charge in [0, 0.05) is 18.3 Å². The number of hydrogen-bond donors (Lipinski definition) is 0. The standard InChI is InChI=1S/C24H20I2O4/c1-15-3-7-17(8-4-15)23(27)29-13-19-11-22(26)20(12-21(19)25)14-30-24(28)18-9-5-16(2)6-10-18/h3-12H,13-14H2,1-2H3. The van der Waals surface area contributed by atoms with E-state index in [1.54, 1.807) is 24.3 Å². The monoisotopic (exact) mass is 626 g/mol. The van der Waals surface area contributed by atoms with E-state index in [9.17, 15) is 9.59 Å². The molecule has 0 radical (unpaired) electrons. The predicted octanol–water partition coefficient (Wildman–Crippen LogP) is 6.23. The number of rotatable bonds is 6. The molecule has 154 valence electrons. The molecule has 0 unspecified atom stereocenters. The van der Waals surface area contributed by atoms with Gasteiger partial charge in [-0.1, -0.05) is 35.4 Å². The van der Waals surface area contributed by atoms with E-state index < -0.39 is 0 Å². The van der Waals surface area contributed by atoms with Crippen molar-refractivity contribution in [2.75, 3.05) is 0 Å². The van der Waals surface area contributed by atoms with Crippen molar-refractivity contribution in [3.05, 3.63) is 101 Å². The summed E-state index contributed by atoms with van der Waals surface area (Å²) in [6.45, 7) is 4.31. The highest BCUT2D eigenvalue weighted by molar-refractivity contribution is 14.1. The van der Waals surface area contributed by atoms with E-state index >= 15 is 0 Å². The Bertz CT molecular complexity index is 971. The van der Waals surface area contributed by atoms with Crippen LogP contribution < -0.4 is 0 Å². The second kappa shape index (κ2) is 10.4. The van der Waals surface area contributed by atoms with Crippen LogP contribution in [0.3, 0.4) is 0 Å². The number of halogens is 2. The topological polar surface area (TPSA) is 52.6 Å². The third-order valence-electron chi connectivity index (χ3n) is 4.51. The fourth-order valence-electron chi connectivity index (χ4n) is 2.68. The maximum Gasteiger partial charge on any atom is 0.338 e. The van der Waals surface area contributed by atoms with Gasteiger partial charge in [-0.15, -0.1) is 0 Å². The molecule has 3 rings (SSSR count). The smallest absolute Gasteiger partial charge is 0.338 e. The van der Waals surface area contributed by atoms with Crippen LogP contribution in [-0.2, 0) is 22.7 Å². The summed E-state index contributed by atoms with van der Waals surface area (Å²) >= 11 is 4.41. The fourth-order valence-corrected chi connectivity index (χ4v) is 4.06. The number of aryl methyl sites for hydroxylation is 2. The fraction of sp³-hybridized carbons (Fsp3) is 0.167. The van der Waals surface area contributed by atoms with Crippen LogP contribution >= 0.6 is 45.2 Å². The van der Waals surface area contributed by atoms with Gasteiger partial charge in [-0.05, 0) is 95.4 Å². The summed E-state index contributed by atoms with van der Waals surface area (Å²) in [5.41, 5.74) is 5.07. The first-order valence-electron chi connectivity index (χ1n) is 9.28. The second-order valence-electron chi connectivity index (χ2n) is 6.92. The summed E-state index contributed by atoms with van der Waals surface area (Å²) in [5, 5.41) is 0. The summed E-state index contributed by atoms with van der Waals surface area (Å²) < 4.78 is 12.8. The van der Waals surface area contributed by atoms with Gasteiger partial charge in [-0.2, -0.15) is 0 Å². The maximum absolute atomic E-state index is 12.2. The first-order valence-corrected chi connectivity index (χ1v) is 11.4. The summed E-state index contributed by atoms with van der Waals surface area (Å²) in [6.07, 6.45) is 0. The van der Waals surface area contributed by atoms with Gasteiger partial charge in [0.1, 0.15) is 13.2 Å². The molecule has 0 fully saturated rings. The number of esters is 2. The van der Waals surface area contributed by atoms with Crippen LogP contribution in [-0.4, -0.2) is 11.9 Å². The molecular formula is C24H20I2O4. The van der Waals surface area contributed by atoms with Gasteiger partial charge in [-0.25, -0.2) is 9.59 Å². The highest BCUT2D eigenvalue weighted by Gasteiger charge is 2.13. The lowest BCUT2D eigenvalue weighted by atomic mass is 10.1. The molecule has 3 aromatic rings. The third kappa shape index (κ3) is 6.04. The molecule has 0 saturated heterocycles. The van der Waals surface area contributed by atoms with Gasteiger partial charge in [0.15, 0.2) is 0 Å². The first-order chi connectivity index (χ1) is 14.3. The first kappa shape index (κ1) is 22.7. The molecular weight excluding hydrogens is 606 g/mol. The summed E-state index contributed by atoms with van der Waals surface area (Å²) in [6, 6.07) is 18.5. The van der Waals surface area contributed by atoms with Crippen LogP contribution in [0.4, 0.5) is 0 Å². The molecule has 4 nitrogen and oxygen atoms in total. The minimum atomic E-state index is -0.350. The van der Waals surface area contributed by atoms with E-state index in [4.69, 9.17) is 9.47 Å². The Morgan fingerprint density at radius 2 is 1.00 bits per heavy atom. The van der Waals surface area contributed by atoms with Crippen molar-refractivity contribution in [3.63, 3.8) is 0 Å². The van der Waals surface area contributed by atoms with E-state index in [1.165, 1.54) is 0 Å². The lowest BCUT2D eigenvalue weighted by Gasteiger charge is -2.12. The summed E-state index contributed by atoms with van der Waals surface area (Å²) in [7, 11) is 0. The zero-order valence-corrected chi connectivity index (χ0v) is 20.9. The highest BCUT2D eigenvalue weighted by atomic mass is 127. The molecule has 0 saturated carbocycles. The van der Waals surface area contributed by atoms with Crippen molar-refractivity contribution >= 4 is 57.1 Å². The molecule has 0 amide bonds. The molecule has 6 heteroatoms. The van der Waals surface area contributed by atoms with Crippen LogP contribution in [0.2, 0.25) is 0 Å². The lowest BCUT2D eigenvalue weighted by Crippen LogP contribution is -2.08. The van der Waals surface area contributed by atoms with Crippen LogP contribution in [0.1, 0.15) is 43.0 Å². The molecule has 0 atom stereocenters. The van der Waals surface area contributed by atoms with Gasteiger partial charge >= 0.3 is 11.9 Å². The van der Waals surface area contributed by atoms with Gasteiger partial charge < -0.3 is 9.47 Å². The molecule has 0 aliphatic heterocycles. The minimum Gasteiger partial charge on any atom is -0.457 e. The van der Waals surface area contributed by atoms with Crippen molar-refractivity contribution in [3.8, 4) is 0 Å². The third-order valence-corrected chi connectivity index (χ3v) is 6.52. The second-order valence-corrected chi connectivity index (χ2v) is 9.24. The molecule has 3 aromatic carbocycles. The Balaban J connectivity index is 1.61.